The summed E-state index contributed by atoms with van der Waals surface area (Å²) in [4.78, 5) is 16.8. The number of anilines is 2. The molecule has 0 aliphatic carbocycles. The van der Waals surface area contributed by atoms with Crippen LogP contribution in [0.1, 0.15) is 11.1 Å². The number of nitrogens with zero attached hydrogens (tertiary/aromatic N) is 2. The van der Waals surface area contributed by atoms with E-state index in [2.05, 4.69) is 10.3 Å². The number of aromatic nitrogens is 1. The van der Waals surface area contributed by atoms with Crippen LogP contribution in [0, 0.1) is 18.6 Å². The molecule has 1 heterocycles. The molecule has 0 bridgehead atoms. The van der Waals surface area contributed by atoms with Crippen LogP contribution < -0.4 is 25.4 Å². The van der Waals surface area contributed by atoms with Crippen molar-refractivity contribution >= 4 is 17.8 Å². The van der Waals surface area contributed by atoms with Crippen molar-refractivity contribution in [3.8, 4) is 34.4 Å². The molecule has 0 aliphatic heterocycles. The third-order valence-corrected chi connectivity index (χ3v) is 5.68. The number of halogens is 2. The van der Waals surface area contributed by atoms with Crippen molar-refractivity contribution in [2.45, 2.75) is 13.5 Å². The molecule has 1 aromatic heterocycles. The number of hydrogen-bond acceptors (Lipinski definition) is 6. The predicted octanol–water partition coefficient (Wildman–Crippen LogP) is 6.01. The molecule has 0 aliphatic rings. The Labute approximate surface area is 213 Å². The van der Waals surface area contributed by atoms with Crippen LogP contribution in [0.2, 0.25) is 0 Å². The Bertz CT molecular complexity index is 1440. The Kier molecular flexibility index (Phi) is 7.64. The minimum atomic E-state index is -0.982. The fourth-order valence-corrected chi connectivity index (χ4v) is 3.63. The zero-order valence-electron chi connectivity index (χ0n) is 20.6. The standard InChI is InChI=1S/C28H26F2N4O3/c1-17-25(29)27(36-22-9-5-8-20(13-22)19-7-4-6-18(12-19)15-31)33-28(26(17)30)37-24-14-21(34(2)3)10-11-23(24)32-16-35/h4-14,16H,15,31H2,1-3H3,(H,32,35). The average molecular weight is 505 g/mol. The van der Waals surface area contributed by atoms with Crippen molar-refractivity contribution in [2.24, 2.45) is 5.73 Å². The summed E-state index contributed by atoms with van der Waals surface area (Å²) in [7, 11) is 3.64. The Morgan fingerprint density at radius 1 is 0.946 bits per heavy atom. The van der Waals surface area contributed by atoms with Gasteiger partial charge >= 0.3 is 0 Å². The first-order chi connectivity index (χ1) is 17.8. The Hall–Kier alpha value is -4.50. The molecule has 9 heteroatoms. The second-order valence-corrected chi connectivity index (χ2v) is 8.45. The lowest BCUT2D eigenvalue weighted by Gasteiger charge is -2.17. The molecule has 3 aromatic carbocycles. The minimum absolute atomic E-state index is 0.128. The van der Waals surface area contributed by atoms with Crippen molar-refractivity contribution in [2.75, 3.05) is 24.3 Å². The van der Waals surface area contributed by atoms with Gasteiger partial charge in [0.2, 0.25) is 6.41 Å². The van der Waals surface area contributed by atoms with Gasteiger partial charge in [-0.2, -0.15) is 4.98 Å². The first kappa shape index (κ1) is 25.6. The number of nitrogens with two attached hydrogens (primary N) is 1. The second kappa shape index (κ2) is 11.0. The first-order valence-electron chi connectivity index (χ1n) is 11.4. The highest BCUT2D eigenvalue weighted by Gasteiger charge is 2.22. The SMILES string of the molecule is Cc1c(F)c(Oc2cccc(-c3cccc(CN)c3)c2)nc(Oc2cc(N(C)C)ccc2NC=O)c1F. The molecular formula is C28H26F2N4O3. The van der Waals surface area contributed by atoms with E-state index in [0.717, 1.165) is 22.4 Å². The molecule has 0 saturated heterocycles. The quantitative estimate of drug-likeness (QED) is 0.271. The normalized spacial score (nSPS) is 10.6. The number of hydrogen-bond donors (Lipinski definition) is 2. The molecule has 0 radical (unpaired) electrons. The van der Waals surface area contributed by atoms with Gasteiger partial charge in [0.15, 0.2) is 17.4 Å². The summed E-state index contributed by atoms with van der Waals surface area (Å²) >= 11 is 0. The minimum Gasteiger partial charge on any atom is -0.436 e. The molecule has 3 N–H and O–H groups in total. The van der Waals surface area contributed by atoms with Gasteiger partial charge in [-0.05, 0) is 53.9 Å². The van der Waals surface area contributed by atoms with Gasteiger partial charge in [0.25, 0.3) is 11.8 Å². The third kappa shape index (κ3) is 5.68. The van der Waals surface area contributed by atoms with Crippen molar-refractivity contribution in [3.63, 3.8) is 0 Å². The van der Waals surface area contributed by atoms with Crippen molar-refractivity contribution in [1.29, 1.82) is 0 Å². The Morgan fingerprint density at radius 2 is 1.62 bits per heavy atom. The summed E-state index contributed by atoms with van der Waals surface area (Å²) < 4.78 is 41.5. The van der Waals surface area contributed by atoms with Gasteiger partial charge in [-0.1, -0.05) is 30.3 Å². The third-order valence-electron chi connectivity index (χ3n) is 5.68. The highest BCUT2D eigenvalue weighted by molar-refractivity contribution is 5.77. The van der Waals surface area contributed by atoms with Crippen LogP contribution in [0.5, 0.6) is 23.3 Å². The van der Waals surface area contributed by atoms with Crippen molar-refractivity contribution < 1.29 is 23.0 Å². The van der Waals surface area contributed by atoms with E-state index in [4.69, 9.17) is 15.2 Å². The van der Waals surface area contributed by atoms with Crippen LogP contribution in [0.25, 0.3) is 11.1 Å². The van der Waals surface area contributed by atoms with Gasteiger partial charge in [0, 0.05) is 38.0 Å². The number of rotatable bonds is 9. The molecule has 4 aromatic rings. The van der Waals surface area contributed by atoms with Gasteiger partial charge < -0.3 is 25.4 Å². The largest absolute Gasteiger partial charge is 0.436 e. The average Bonchev–Trinajstić information content (AvgIpc) is 2.91. The van der Waals surface area contributed by atoms with E-state index in [9.17, 15) is 9.18 Å². The van der Waals surface area contributed by atoms with Crippen LogP contribution in [0.15, 0.2) is 66.7 Å². The number of carbonyl (C=O) groups excluding carboxylic acids is 1. The summed E-state index contributed by atoms with van der Waals surface area (Å²) in [6.45, 7) is 1.67. The number of benzene rings is 3. The van der Waals surface area contributed by atoms with Crippen molar-refractivity contribution in [1.82, 2.24) is 4.98 Å². The Morgan fingerprint density at radius 3 is 2.30 bits per heavy atom. The molecule has 7 nitrogen and oxygen atoms in total. The summed E-state index contributed by atoms with van der Waals surface area (Å²) in [5.41, 5.74) is 9.16. The Balaban J connectivity index is 1.69. The van der Waals surface area contributed by atoms with Gasteiger partial charge in [0.1, 0.15) is 5.75 Å². The van der Waals surface area contributed by atoms with Gasteiger partial charge in [-0.25, -0.2) is 8.78 Å². The first-order valence-corrected chi connectivity index (χ1v) is 11.4. The van der Waals surface area contributed by atoms with E-state index in [1.807, 2.05) is 49.3 Å². The van der Waals surface area contributed by atoms with Crippen molar-refractivity contribution in [3.05, 3.63) is 89.5 Å². The summed E-state index contributed by atoms with van der Waals surface area (Å²) in [5, 5.41) is 2.50. The second-order valence-electron chi connectivity index (χ2n) is 8.45. The van der Waals surface area contributed by atoms with E-state index in [1.54, 1.807) is 36.4 Å². The molecule has 37 heavy (non-hydrogen) atoms. The zero-order valence-corrected chi connectivity index (χ0v) is 20.6. The molecule has 0 atom stereocenters. The van der Waals surface area contributed by atoms with Gasteiger partial charge in [-0.15, -0.1) is 0 Å². The smallest absolute Gasteiger partial charge is 0.259 e. The maximum atomic E-state index is 15.0. The molecule has 4 rings (SSSR count). The van der Waals surface area contributed by atoms with Gasteiger partial charge in [0.05, 0.1) is 5.69 Å². The molecule has 0 saturated carbocycles. The summed E-state index contributed by atoms with van der Waals surface area (Å²) in [6.07, 6.45) is 0.474. The number of ether oxygens (including phenoxy) is 2. The van der Waals surface area contributed by atoms with Crippen LogP contribution in [0.3, 0.4) is 0 Å². The van der Waals surface area contributed by atoms with Crippen LogP contribution in [-0.4, -0.2) is 25.5 Å². The molecule has 0 spiro atoms. The van der Waals surface area contributed by atoms with E-state index in [-0.39, 0.29) is 11.3 Å². The lowest BCUT2D eigenvalue weighted by Crippen LogP contribution is -2.09. The van der Waals surface area contributed by atoms with E-state index in [0.29, 0.717) is 24.4 Å². The predicted molar refractivity (Wildman–Crippen MR) is 139 cm³/mol. The fourth-order valence-electron chi connectivity index (χ4n) is 3.63. The molecule has 0 unspecified atom stereocenters. The van der Waals surface area contributed by atoms with E-state index in [1.165, 1.54) is 6.92 Å². The van der Waals surface area contributed by atoms with Crippen LogP contribution >= 0.6 is 0 Å². The van der Waals surface area contributed by atoms with Crippen LogP contribution in [0.4, 0.5) is 20.2 Å². The number of carbonyl (C=O) groups is 1. The monoisotopic (exact) mass is 504 g/mol. The summed E-state index contributed by atoms with van der Waals surface area (Å²) in [5.74, 6) is -2.44. The zero-order chi connectivity index (χ0) is 26.5. The maximum absolute atomic E-state index is 15.0. The summed E-state index contributed by atoms with van der Waals surface area (Å²) in [6, 6.07) is 19.7. The molecule has 1 amide bonds. The lowest BCUT2D eigenvalue weighted by molar-refractivity contribution is -0.105. The molecular weight excluding hydrogens is 478 g/mol. The van der Waals surface area contributed by atoms with E-state index >= 15 is 4.39 Å². The molecule has 190 valence electrons. The fraction of sp³-hybridized carbons (Fsp3) is 0.143. The maximum Gasteiger partial charge on any atom is 0.259 e. The molecule has 0 fully saturated rings. The van der Waals surface area contributed by atoms with Crippen LogP contribution in [-0.2, 0) is 11.3 Å². The van der Waals surface area contributed by atoms with Gasteiger partial charge in [-0.3, -0.25) is 4.79 Å². The highest BCUT2D eigenvalue weighted by Crippen LogP contribution is 2.37. The highest BCUT2D eigenvalue weighted by atomic mass is 19.1. The number of nitrogens with one attached hydrogen (secondary N) is 1. The number of amides is 1. The topological polar surface area (TPSA) is 89.7 Å². The van der Waals surface area contributed by atoms with E-state index < -0.39 is 23.4 Å². The number of pyridine rings is 1. The lowest BCUT2D eigenvalue weighted by atomic mass is 10.0.